The largest absolute Gasteiger partial charge is 0.345 e. The second kappa shape index (κ2) is 7.40. The molecule has 0 spiro atoms. The lowest BCUT2D eigenvalue weighted by Gasteiger charge is -2.18. The maximum atomic E-state index is 12.6. The van der Waals surface area contributed by atoms with Crippen LogP contribution < -0.4 is 10.2 Å². The van der Waals surface area contributed by atoms with Gasteiger partial charge in [-0.3, -0.25) is 9.59 Å². The molecular weight excluding hydrogens is 380 g/mol. The normalized spacial score (nSPS) is 14.1. The minimum atomic E-state index is -0.105. The van der Waals surface area contributed by atoms with Crippen LogP contribution >= 0.6 is 15.9 Å². The maximum Gasteiger partial charge on any atom is 0.251 e. The molecule has 25 heavy (non-hydrogen) atoms. The zero-order valence-corrected chi connectivity index (χ0v) is 16.0. The number of nitrogens with zero attached hydrogens (tertiary/aromatic N) is 1. The number of carbonyl (C=O) groups is 2. The lowest BCUT2D eigenvalue weighted by molar-refractivity contribution is -0.118. The second-order valence-corrected chi connectivity index (χ2v) is 7.06. The van der Waals surface area contributed by atoms with Crippen molar-refractivity contribution in [2.75, 3.05) is 11.4 Å². The van der Waals surface area contributed by atoms with E-state index in [1.165, 1.54) is 0 Å². The van der Waals surface area contributed by atoms with Crippen LogP contribution in [-0.4, -0.2) is 18.4 Å². The summed E-state index contributed by atoms with van der Waals surface area (Å²) in [7, 11) is 0. The highest BCUT2D eigenvalue weighted by Crippen LogP contribution is 2.30. The molecule has 1 N–H and O–H groups in total. The van der Waals surface area contributed by atoms with Gasteiger partial charge in [-0.05, 0) is 48.7 Å². The molecule has 1 unspecified atom stereocenters. The van der Waals surface area contributed by atoms with E-state index in [0.29, 0.717) is 18.5 Å². The fourth-order valence-corrected chi connectivity index (χ4v) is 3.81. The summed E-state index contributed by atoms with van der Waals surface area (Å²) in [5.74, 6) is 0.0184. The summed E-state index contributed by atoms with van der Waals surface area (Å²) in [6, 6.07) is 13.3. The monoisotopic (exact) mass is 400 g/mol. The first-order chi connectivity index (χ1) is 12.0. The molecule has 0 bridgehead atoms. The maximum absolute atomic E-state index is 12.6. The van der Waals surface area contributed by atoms with E-state index in [1.54, 1.807) is 11.0 Å². The van der Waals surface area contributed by atoms with Crippen LogP contribution in [0.3, 0.4) is 0 Å². The van der Waals surface area contributed by atoms with Crippen molar-refractivity contribution < 1.29 is 9.59 Å². The van der Waals surface area contributed by atoms with Crippen LogP contribution in [0.5, 0.6) is 0 Å². The van der Waals surface area contributed by atoms with E-state index in [0.717, 1.165) is 27.7 Å². The molecule has 3 rings (SSSR count). The van der Waals surface area contributed by atoms with Gasteiger partial charge in [-0.25, -0.2) is 0 Å². The number of fused-ring (bicyclic) bond motifs is 1. The second-order valence-electron chi connectivity index (χ2n) is 6.21. The number of rotatable bonds is 4. The van der Waals surface area contributed by atoms with Gasteiger partial charge in [0.25, 0.3) is 5.91 Å². The summed E-state index contributed by atoms with van der Waals surface area (Å²) in [5.41, 5.74) is 3.66. The number of carbonyl (C=O) groups excluding carboxylic acids is 2. The first kappa shape index (κ1) is 17.7. The third-order valence-electron chi connectivity index (χ3n) is 4.56. The Labute approximate surface area is 156 Å². The Morgan fingerprint density at radius 2 is 2.00 bits per heavy atom. The molecule has 0 saturated carbocycles. The van der Waals surface area contributed by atoms with Gasteiger partial charge in [-0.15, -0.1) is 0 Å². The van der Waals surface area contributed by atoms with Gasteiger partial charge in [-0.2, -0.15) is 0 Å². The highest BCUT2D eigenvalue weighted by molar-refractivity contribution is 9.10. The summed E-state index contributed by atoms with van der Waals surface area (Å²) < 4.78 is 0.977. The van der Waals surface area contributed by atoms with Crippen molar-refractivity contribution in [1.82, 2.24) is 5.32 Å². The Hall–Kier alpha value is -2.14. The van der Waals surface area contributed by atoms with E-state index >= 15 is 0 Å². The Morgan fingerprint density at radius 1 is 1.24 bits per heavy atom. The Bertz CT molecular complexity index is 819. The molecule has 1 aliphatic heterocycles. The highest BCUT2D eigenvalue weighted by Gasteiger charge is 2.24. The predicted octanol–water partition coefficient (Wildman–Crippen LogP) is 4.24. The van der Waals surface area contributed by atoms with E-state index < -0.39 is 0 Å². The fraction of sp³-hybridized carbons (Fsp3) is 0.300. The topological polar surface area (TPSA) is 49.4 Å². The van der Waals surface area contributed by atoms with E-state index in [9.17, 15) is 9.59 Å². The molecule has 2 aromatic carbocycles. The van der Waals surface area contributed by atoms with Crippen molar-refractivity contribution in [2.45, 2.75) is 32.7 Å². The minimum absolute atomic E-state index is 0.102. The van der Waals surface area contributed by atoms with Crippen LogP contribution in [0, 0.1) is 0 Å². The highest BCUT2D eigenvalue weighted by atomic mass is 79.9. The third-order valence-corrected chi connectivity index (χ3v) is 5.28. The zero-order chi connectivity index (χ0) is 18.0. The fourth-order valence-electron chi connectivity index (χ4n) is 3.18. The van der Waals surface area contributed by atoms with Crippen molar-refractivity contribution in [3.05, 3.63) is 63.6 Å². The molecule has 0 aromatic heterocycles. The molecule has 0 radical (unpaired) electrons. The molecule has 0 saturated heterocycles. The molecule has 130 valence electrons. The van der Waals surface area contributed by atoms with Gasteiger partial charge in [0, 0.05) is 28.7 Å². The molecule has 5 heteroatoms. The van der Waals surface area contributed by atoms with Gasteiger partial charge in [0.05, 0.1) is 6.04 Å². The van der Waals surface area contributed by atoms with Crippen LogP contribution in [0.1, 0.15) is 47.8 Å². The first-order valence-corrected chi connectivity index (χ1v) is 9.29. The molecule has 2 amide bonds. The van der Waals surface area contributed by atoms with Gasteiger partial charge in [-0.1, -0.05) is 41.1 Å². The van der Waals surface area contributed by atoms with Crippen molar-refractivity contribution >= 4 is 33.4 Å². The average molecular weight is 401 g/mol. The van der Waals surface area contributed by atoms with Crippen molar-refractivity contribution in [3.63, 3.8) is 0 Å². The molecular formula is C20H21BrN2O2. The number of halogens is 1. The van der Waals surface area contributed by atoms with Crippen molar-refractivity contribution in [1.29, 1.82) is 0 Å². The summed E-state index contributed by atoms with van der Waals surface area (Å²) >= 11 is 3.52. The lowest BCUT2D eigenvalue weighted by atomic mass is 10.1. The van der Waals surface area contributed by atoms with Gasteiger partial charge >= 0.3 is 0 Å². The van der Waals surface area contributed by atoms with Crippen molar-refractivity contribution in [3.8, 4) is 0 Å². The number of anilines is 1. The zero-order valence-electron chi connectivity index (χ0n) is 14.4. The van der Waals surface area contributed by atoms with E-state index in [2.05, 4.69) is 21.2 Å². The predicted molar refractivity (Wildman–Crippen MR) is 103 cm³/mol. The van der Waals surface area contributed by atoms with Crippen LogP contribution in [-0.2, 0) is 11.2 Å². The van der Waals surface area contributed by atoms with E-state index in [4.69, 9.17) is 0 Å². The SMILES string of the molecule is CCC(=O)N1CCc2cc(C(=O)NC(C)c3ccccc3Br)ccc21. The van der Waals surface area contributed by atoms with Crippen LogP contribution in [0.25, 0.3) is 0 Å². The Balaban J connectivity index is 1.76. The molecule has 4 nitrogen and oxygen atoms in total. The Kier molecular flexibility index (Phi) is 5.23. The van der Waals surface area contributed by atoms with E-state index in [1.807, 2.05) is 50.2 Å². The third kappa shape index (κ3) is 3.61. The first-order valence-electron chi connectivity index (χ1n) is 8.49. The smallest absolute Gasteiger partial charge is 0.251 e. The summed E-state index contributed by atoms with van der Waals surface area (Å²) in [5, 5.41) is 3.04. The van der Waals surface area contributed by atoms with Gasteiger partial charge in [0.15, 0.2) is 0 Å². The minimum Gasteiger partial charge on any atom is -0.345 e. The number of nitrogens with one attached hydrogen (secondary N) is 1. The van der Waals surface area contributed by atoms with Crippen LogP contribution in [0.4, 0.5) is 5.69 Å². The summed E-state index contributed by atoms with van der Waals surface area (Å²) in [4.78, 5) is 26.4. The number of amides is 2. The van der Waals surface area contributed by atoms with Gasteiger partial charge in [0.2, 0.25) is 5.91 Å². The number of hydrogen-bond acceptors (Lipinski definition) is 2. The summed E-state index contributed by atoms with van der Waals surface area (Å²) in [6.07, 6.45) is 1.28. The Morgan fingerprint density at radius 3 is 2.72 bits per heavy atom. The number of benzene rings is 2. The van der Waals surface area contributed by atoms with Crippen molar-refractivity contribution in [2.24, 2.45) is 0 Å². The molecule has 0 fully saturated rings. The standard InChI is InChI=1S/C20H21BrN2O2/c1-3-19(24)23-11-10-14-12-15(8-9-18(14)23)20(25)22-13(2)16-6-4-5-7-17(16)21/h4-9,12-13H,3,10-11H2,1-2H3,(H,22,25). The van der Waals surface area contributed by atoms with Gasteiger partial charge in [0.1, 0.15) is 0 Å². The quantitative estimate of drug-likeness (QED) is 0.833. The van der Waals surface area contributed by atoms with Crippen LogP contribution in [0.2, 0.25) is 0 Å². The average Bonchev–Trinajstić information content (AvgIpc) is 3.04. The van der Waals surface area contributed by atoms with E-state index in [-0.39, 0.29) is 17.9 Å². The lowest BCUT2D eigenvalue weighted by Crippen LogP contribution is -2.28. The molecule has 0 aliphatic carbocycles. The molecule has 1 aliphatic rings. The molecule has 1 atom stereocenters. The molecule has 2 aromatic rings. The number of hydrogen-bond donors (Lipinski definition) is 1. The van der Waals surface area contributed by atoms with Crippen LogP contribution in [0.15, 0.2) is 46.9 Å². The summed E-state index contributed by atoms with van der Waals surface area (Å²) in [6.45, 7) is 4.53. The van der Waals surface area contributed by atoms with Gasteiger partial charge < -0.3 is 10.2 Å². The molecule has 1 heterocycles.